The fourth-order valence-electron chi connectivity index (χ4n) is 4.09. The molecule has 3 rings (SSSR count). The lowest BCUT2D eigenvalue weighted by atomic mass is 9.89. The normalized spacial score (nSPS) is 15.2. The third-order valence-electron chi connectivity index (χ3n) is 5.76. The summed E-state index contributed by atoms with van der Waals surface area (Å²) in [7, 11) is 1.89. The number of carbonyl (C=O) groups is 1. The minimum absolute atomic E-state index is 0.0274. The van der Waals surface area contributed by atoms with E-state index in [1.807, 2.05) is 46.6 Å². The molecule has 0 aromatic carbocycles. The minimum Gasteiger partial charge on any atom is -0.361 e. The largest absolute Gasteiger partial charge is 0.361 e. The van der Waals surface area contributed by atoms with Gasteiger partial charge in [0.2, 0.25) is 0 Å². The second-order valence-electron chi connectivity index (χ2n) is 8.45. The Morgan fingerprint density at radius 3 is 2.39 bits per heavy atom. The Bertz CT molecular complexity index is 831. The average molecular weight is 385 g/mol. The van der Waals surface area contributed by atoms with Gasteiger partial charge in [0.15, 0.2) is 0 Å². The highest BCUT2D eigenvalue weighted by Crippen LogP contribution is 2.31. The number of amides is 1. The number of hydrogen-bond acceptors (Lipinski definition) is 5. The molecule has 2 heterocycles. The molecule has 0 N–H and O–H groups in total. The van der Waals surface area contributed by atoms with Gasteiger partial charge in [0, 0.05) is 25.1 Å². The summed E-state index contributed by atoms with van der Waals surface area (Å²) in [5.74, 6) is 2.07. The van der Waals surface area contributed by atoms with Gasteiger partial charge in [-0.1, -0.05) is 38.3 Å². The predicted octanol–water partition coefficient (Wildman–Crippen LogP) is 4.83. The molecule has 152 valence electrons. The van der Waals surface area contributed by atoms with E-state index < -0.39 is 0 Å². The zero-order valence-electron chi connectivity index (χ0n) is 18.0. The van der Waals surface area contributed by atoms with Gasteiger partial charge in [-0.3, -0.25) is 4.79 Å². The van der Waals surface area contributed by atoms with Gasteiger partial charge in [0.25, 0.3) is 5.91 Å². The average Bonchev–Trinajstić information content (AvgIpc) is 3.00. The van der Waals surface area contributed by atoms with Crippen LogP contribution in [-0.2, 0) is 0 Å². The second kappa shape index (κ2) is 8.41. The molecular weight excluding hydrogens is 352 g/mol. The third-order valence-corrected chi connectivity index (χ3v) is 5.76. The lowest BCUT2D eigenvalue weighted by molar-refractivity contribution is 0.0753. The molecule has 0 aliphatic heterocycles. The Kier molecular flexibility index (Phi) is 6.16. The van der Waals surface area contributed by atoms with Crippen LogP contribution < -0.4 is 0 Å². The summed E-state index contributed by atoms with van der Waals surface area (Å²) in [4.78, 5) is 24.6. The van der Waals surface area contributed by atoms with E-state index in [2.05, 4.69) is 10.1 Å². The number of hydrogen-bond donors (Lipinski definition) is 0. The highest BCUT2D eigenvalue weighted by Gasteiger charge is 2.26. The van der Waals surface area contributed by atoms with Crippen LogP contribution in [0.4, 0.5) is 0 Å². The number of aromatic nitrogens is 3. The van der Waals surface area contributed by atoms with Gasteiger partial charge in [-0.25, -0.2) is 9.97 Å². The summed E-state index contributed by atoms with van der Waals surface area (Å²) < 4.78 is 5.35. The highest BCUT2D eigenvalue weighted by atomic mass is 16.5. The number of carbonyl (C=O) groups excluding carboxylic acids is 1. The van der Waals surface area contributed by atoms with Gasteiger partial charge in [0.05, 0.1) is 17.0 Å². The molecule has 1 saturated carbocycles. The molecule has 1 amide bonds. The van der Waals surface area contributed by atoms with Crippen LogP contribution in [0.25, 0.3) is 11.3 Å². The Hall–Kier alpha value is -2.24. The zero-order chi connectivity index (χ0) is 20.4. The molecule has 2 aromatic rings. The molecule has 2 aromatic heterocycles. The third kappa shape index (κ3) is 4.10. The lowest BCUT2D eigenvalue weighted by Gasteiger charge is -2.27. The molecule has 0 unspecified atom stereocenters. The summed E-state index contributed by atoms with van der Waals surface area (Å²) in [6.07, 6.45) is 6.28. The molecule has 1 aliphatic carbocycles. The first-order valence-electron chi connectivity index (χ1n) is 10.4. The minimum atomic E-state index is -0.0274. The molecule has 1 aliphatic rings. The van der Waals surface area contributed by atoms with E-state index in [0.29, 0.717) is 23.2 Å². The first-order valence-corrected chi connectivity index (χ1v) is 10.4. The molecule has 1 fully saturated rings. The Labute approximate surface area is 167 Å². The van der Waals surface area contributed by atoms with Crippen molar-refractivity contribution in [2.45, 2.75) is 72.6 Å². The zero-order valence-corrected chi connectivity index (χ0v) is 18.0. The Morgan fingerprint density at radius 1 is 1.14 bits per heavy atom. The molecule has 6 nitrogen and oxygen atoms in total. The van der Waals surface area contributed by atoms with Crippen molar-refractivity contribution in [3.8, 4) is 11.3 Å². The molecule has 0 saturated heterocycles. The van der Waals surface area contributed by atoms with E-state index >= 15 is 0 Å². The predicted molar refractivity (Wildman–Crippen MR) is 109 cm³/mol. The van der Waals surface area contributed by atoms with Crippen molar-refractivity contribution in [1.29, 1.82) is 0 Å². The van der Waals surface area contributed by atoms with E-state index in [9.17, 15) is 4.79 Å². The molecular formula is C22H32N4O2. The SMILES string of the molecule is Cc1noc(C)c1-c1nc(C(C)C)nc(C(=O)N(C)CC2CCCCC2)c1C. The molecule has 0 radical (unpaired) electrons. The lowest BCUT2D eigenvalue weighted by Crippen LogP contribution is -2.34. The van der Waals surface area contributed by atoms with Crippen molar-refractivity contribution < 1.29 is 9.32 Å². The second-order valence-corrected chi connectivity index (χ2v) is 8.45. The van der Waals surface area contributed by atoms with Crippen LogP contribution in [0.2, 0.25) is 0 Å². The Balaban J connectivity index is 1.98. The fourth-order valence-corrected chi connectivity index (χ4v) is 4.09. The van der Waals surface area contributed by atoms with Gasteiger partial charge in [-0.2, -0.15) is 0 Å². The van der Waals surface area contributed by atoms with E-state index in [-0.39, 0.29) is 11.8 Å². The van der Waals surface area contributed by atoms with Gasteiger partial charge >= 0.3 is 0 Å². The van der Waals surface area contributed by atoms with Crippen LogP contribution in [0, 0.1) is 26.7 Å². The van der Waals surface area contributed by atoms with Crippen LogP contribution >= 0.6 is 0 Å². The van der Waals surface area contributed by atoms with Gasteiger partial charge < -0.3 is 9.42 Å². The van der Waals surface area contributed by atoms with Gasteiger partial charge in [-0.05, 0) is 39.5 Å². The van der Waals surface area contributed by atoms with E-state index in [1.165, 1.54) is 32.1 Å². The standard InChI is InChI=1S/C22H32N4O2/c1-13(2)21-23-19(18-15(4)25-28-16(18)5)14(3)20(24-21)22(27)26(6)12-17-10-8-7-9-11-17/h13,17H,7-12H2,1-6H3. The van der Waals surface area contributed by atoms with Crippen molar-refractivity contribution in [2.75, 3.05) is 13.6 Å². The maximum Gasteiger partial charge on any atom is 0.272 e. The van der Waals surface area contributed by atoms with Crippen LogP contribution in [0.1, 0.15) is 85.2 Å². The number of nitrogens with zero attached hydrogens (tertiary/aromatic N) is 4. The van der Waals surface area contributed by atoms with Crippen molar-refractivity contribution in [2.24, 2.45) is 5.92 Å². The van der Waals surface area contributed by atoms with E-state index in [0.717, 1.165) is 29.1 Å². The number of aryl methyl sites for hydroxylation is 2. The molecule has 0 bridgehead atoms. The van der Waals surface area contributed by atoms with Crippen LogP contribution in [0.3, 0.4) is 0 Å². The van der Waals surface area contributed by atoms with E-state index in [1.54, 1.807) is 0 Å². The monoisotopic (exact) mass is 384 g/mol. The van der Waals surface area contributed by atoms with Crippen molar-refractivity contribution in [3.63, 3.8) is 0 Å². The highest BCUT2D eigenvalue weighted by molar-refractivity contribution is 5.95. The smallest absolute Gasteiger partial charge is 0.272 e. The fraction of sp³-hybridized carbons (Fsp3) is 0.636. The summed E-state index contributed by atoms with van der Waals surface area (Å²) in [6, 6.07) is 0. The molecule has 28 heavy (non-hydrogen) atoms. The van der Waals surface area contributed by atoms with E-state index in [4.69, 9.17) is 9.51 Å². The van der Waals surface area contributed by atoms with Gasteiger partial charge in [0.1, 0.15) is 17.3 Å². The summed E-state index contributed by atoms with van der Waals surface area (Å²) in [6.45, 7) is 10.6. The molecule has 6 heteroatoms. The maximum absolute atomic E-state index is 13.3. The maximum atomic E-state index is 13.3. The first kappa shape index (κ1) is 20.5. The van der Waals surface area contributed by atoms with Gasteiger partial charge in [-0.15, -0.1) is 0 Å². The quantitative estimate of drug-likeness (QED) is 0.738. The summed E-state index contributed by atoms with van der Waals surface area (Å²) >= 11 is 0. The summed E-state index contributed by atoms with van der Waals surface area (Å²) in [5, 5.41) is 4.06. The van der Waals surface area contributed by atoms with Crippen LogP contribution in [0.5, 0.6) is 0 Å². The first-order chi connectivity index (χ1) is 13.3. The summed E-state index contributed by atoms with van der Waals surface area (Å²) in [5.41, 5.74) is 3.68. The molecule has 0 spiro atoms. The van der Waals surface area contributed by atoms with Crippen molar-refractivity contribution in [3.05, 3.63) is 28.5 Å². The topological polar surface area (TPSA) is 72.1 Å². The van der Waals surface area contributed by atoms with Crippen LogP contribution in [-0.4, -0.2) is 39.5 Å². The van der Waals surface area contributed by atoms with Crippen LogP contribution in [0.15, 0.2) is 4.52 Å². The number of rotatable bonds is 5. The van der Waals surface area contributed by atoms with Crippen molar-refractivity contribution in [1.82, 2.24) is 20.0 Å². The molecule has 0 atom stereocenters. The van der Waals surface area contributed by atoms with Crippen molar-refractivity contribution >= 4 is 5.91 Å². The Morgan fingerprint density at radius 2 is 1.82 bits per heavy atom.